The van der Waals surface area contributed by atoms with Crippen LogP contribution in [0.4, 0.5) is 5.82 Å². The van der Waals surface area contributed by atoms with Crippen LogP contribution < -0.4 is 11.1 Å². The Morgan fingerprint density at radius 1 is 1.41 bits per heavy atom. The molecule has 1 atom stereocenters. The highest BCUT2D eigenvalue weighted by molar-refractivity contribution is 6.10. The highest BCUT2D eigenvalue weighted by atomic mass is 16.1. The van der Waals surface area contributed by atoms with Gasteiger partial charge in [0.25, 0.3) is 0 Å². The normalized spacial score (nSPS) is 19.9. The van der Waals surface area contributed by atoms with Crippen LogP contribution in [0, 0.1) is 0 Å². The number of Topliss-reactive ketones (excluding diaryl/α,β-unsaturated/α-hetero) is 1. The Morgan fingerprint density at radius 2 is 2.31 bits per heavy atom. The lowest BCUT2D eigenvalue weighted by Gasteiger charge is -2.13. The second-order valence-corrected chi connectivity index (χ2v) is 7.50. The predicted octanol–water partition coefficient (Wildman–Crippen LogP) is 2.45. The third-order valence-electron chi connectivity index (χ3n) is 5.66. The first-order valence-electron chi connectivity index (χ1n) is 9.96. The van der Waals surface area contributed by atoms with Crippen LogP contribution in [0.5, 0.6) is 0 Å². The van der Waals surface area contributed by atoms with E-state index in [2.05, 4.69) is 21.5 Å². The number of pyridine rings is 1. The van der Waals surface area contributed by atoms with E-state index in [0.29, 0.717) is 24.3 Å². The quantitative estimate of drug-likeness (QED) is 0.664. The van der Waals surface area contributed by atoms with Crippen LogP contribution in [0.2, 0.25) is 0 Å². The fraction of sp³-hybridized carbons (Fsp3) is 0.333. The monoisotopic (exact) mass is 389 g/mol. The van der Waals surface area contributed by atoms with Gasteiger partial charge in [0.2, 0.25) is 0 Å². The van der Waals surface area contributed by atoms with Crippen LogP contribution >= 0.6 is 0 Å². The number of nitrogens with two attached hydrogens (primary N) is 1. The highest BCUT2D eigenvalue weighted by Gasteiger charge is 2.26. The molecule has 3 aromatic heterocycles. The molecule has 0 spiro atoms. The van der Waals surface area contributed by atoms with E-state index in [1.165, 1.54) is 0 Å². The minimum atomic E-state index is 0.0487. The molecular weight excluding hydrogens is 366 g/mol. The van der Waals surface area contributed by atoms with Crippen molar-refractivity contribution in [3.63, 3.8) is 0 Å². The molecular formula is C21H23N7O. The lowest BCUT2D eigenvalue weighted by atomic mass is 10.0. The number of anilines is 1. The maximum Gasteiger partial charge on any atom is 0.166 e. The molecule has 29 heavy (non-hydrogen) atoms. The van der Waals surface area contributed by atoms with Gasteiger partial charge in [-0.1, -0.05) is 13.0 Å². The van der Waals surface area contributed by atoms with Crippen LogP contribution in [-0.2, 0) is 6.54 Å². The van der Waals surface area contributed by atoms with Crippen LogP contribution in [0.3, 0.4) is 0 Å². The van der Waals surface area contributed by atoms with Gasteiger partial charge in [0.05, 0.1) is 40.4 Å². The summed E-state index contributed by atoms with van der Waals surface area (Å²) < 4.78 is 3.92. The fourth-order valence-electron chi connectivity index (χ4n) is 4.13. The van der Waals surface area contributed by atoms with Gasteiger partial charge in [-0.15, -0.1) is 0 Å². The average Bonchev–Trinajstić information content (AvgIpc) is 3.47. The summed E-state index contributed by atoms with van der Waals surface area (Å²) in [6.07, 6.45) is 10.9. The third kappa shape index (κ3) is 2.96. The minimum Gasteiger partial charge on any atom is -0.383 e. The van der Waals surface area contributed by atoms with Crippen molar-refractivity contribution in [3.8, 4) is 0 Å². The molecule has 0 aliphatic carbocycles. The van der Waals surface area contributed by atoms with Gasteiger partial charge in [-0.25, -0.2) is 4.98 Å². The van der Waals surface area contributed by atoms with Crippen molar-refractivity contribution in [2.24, 2.45) is 0 Å². The van der Waals surface area contributed by atoms with Crippen LogP contribution in [0.15, 0.2) is 30.1 Å². The Bertz CT molecular complexity index is 1160. The molecule has 3 N–H and O–H groups in total. The van der Waals surface area contributed by atoms with Gasteiger partial charge < -0.3 is 11.1 Å². The zero-order valence-electron chi connectivity index (χ0n) is 16.3. The van der Waals surface area contributed by atoms with E-state index >= 15 is 0 Å². The Hall–Kier alpha value is -3.26. The summed E-state index contributed by atoms with van der Waals surface area (Å²) in [7, 11) is 0. The number of nitrogens with zero attached hydrogens (tertiary/aromatic N) is 5. The molecule has 0 aromatic carbocycles. The second-order valence-electron chi connectivity index (χ2n) is 7.50. The lowest BCUT2D eigenvalue weighted by molar-refractivity contribution is 0.0989. The summed E-state index contributed by atoms with van der Waals surface area (Å²) in [5, 5.41) is 13.4. The third-order valence-corrected chi connectivity index (χ3v) is 5.66. The number of rotatable bonds is 4. The number of ketones is 1. The topological polar surface area (TPSA) is 104 Å². The van der Waals surface area contributed by atoms with Crippen molar-refractivity contribution in [1.82, 2.24) is 29.9 Å². The molecule has 8 heteroatoms. The van der Waals surface area contributed by atoms with Crippen molar-refractivity contribution >= 4 is 34.7 Å². The Balaban J connectivity index is 1.70. The van der Waals surface area contributed by atoms with Crippen LogP contribution in [0.1, 0.15) is 47.6 Å². The molecule has 1 fully saturated rings. The van der Waals surface area contributed by atoms with E-state index in [0.717, 1.165) is 47.4 Å². The van der Waals surface area contributed by atoms with E-state index in [1.54, 1.807) is 12.4 Å². The molecule has 1 unspecified atom stereocenters. The molecule has 148 valence electrons. The first kappa shape index (κ1) is 17.8. The fourth-order valence-corrected chi connectivity index (χ4v) is 4.13. The molecule has 2 aliphatic heterocycles. The largest absolute Gasteiger partial charge is 0.383 e. The Morgan fingerprint density at radius 3 is 3.10 bits per heavy atom. The lowest BCUT2D eigenvalue weighted by Crippen LogP contribution is -2.16. The first-order valence-corrected chi connectivity index (χ1v) is 9.96. The number of hydrogen-bond donors (Lipinski definition) is 2. The molecule has 0 saturated carbocycles. The zero-order chi connectivity index (χ0) is 20.0. The van der Waals surface area contributed by atoms with Gasteiger partial charge in [-0.2, -0.15) is 10.2 Å². The SMILES string of the molecule is CCC(=O)c1cnc(N)c2c(C=C3C=Cc4ccnn4C3)nn(C3CCNC3)c12. The van der Waals surface area contributed by atoms with E-state index in [1.807, 2.05) is 34.5 Å². The molecule has 2 aliphatic rings. The smallest absolute Gasteiger partial charge is 0.166 e. The van der Waals surface area contributed by atoms with E-state index in [4.69, 9.17) is 10.8 Å². The molecule has 0 bridgehead atoms. The number of nitrogen functional groups attached to an aromatic ring is 1. The number of allylic oxidation sites excluding steroid dienone is 2. The molecule has 3 aromatic rings. The zero-order valence-corrected chi connectivity index (χ0v) is 16.3. The molecule has 5 rings (SSSR count). The van der Waals surface area contributed by atoms with Gasteiger partial charge in [-0.05, 0) is 36.8 Å². The number of nitrogens with one attached hydrogen (secondary N) is 1. The molecule has 1 saturated heterocycles. The van der Waals surface area contributed by atoms with Gasteiger partial charge in [0, 0.05) is 25.4 Å². The summed E-state index contributed by atoms with van der Waals surface area (Å²) >= 11 is 0. The summed E-state index contributed by atoms with van der Waals surface area (Å²) in [6.45, 7) is 4.29. The summed E-state index contributed by atoms with van der Waals surface area (Å²) in [5.41, 5.74) is 10.6. The van der Waals surface area contributed by atoms with Crippen LogP contribution in [0.25, 0.3) is 23.1 Å². The highest BCUT2D eigenvalue weighted by Crippen LogP contribution is 2.32. The number of carbonyl (C=O) groups is 1. The van der Waals surface area contributed by atoms with Gasteiger partial charge in [-0.3, -0.25) is 14.2 Å². The predicted molar refractivity (Wildman–Crippen MR) is 112 cm³/mol. The average molecular weight is 389 g/mol. The summed E-state index contributed by atoms with van der Waals surface area (Å²) in [4.78, 5) is 17.0. The molecule has 8 nitrogen and oxygen atoms in total. The molecule has 0 amide bonds. The van der Waals surface area contributed by atoms with Crippen molar-refractivity contribution in [2.45, 2.75) is 32.4 Å². The van der Waals surface area contributed by atoms with E-state index in [9.17, 15) is 4.79 Å². The number of aromatic nitrogens is 5. The standard InChI is InChI=1S/C21H23N7O/c1-2-18(29)16-11-24-21(22)19-17(26-28(20(16)19)15-5-7-23-10-15)9-13-3-4-14-6-8-25-27(14)12-13/h3-4,6,8-9,11,15,23H,2,5,7,10,12H2,1H3,(H2,22,24). The summed E-state index contributed by atoms with van der Waals surface area (Å²) in [5.74, 6) is 0.448. The van der Waals surface area contributed by atoms with Crippen molar-refractivity contribution in [2.75, 3.05) is 18.8 Å². The van der Waals surface area contributed by atoms with Crippen molar-refractivity contribution in [1.29, 1.82) is 0 Å². The van der Waals surface area contributed by atoms with E-state index < -0.39 is 0 Å². The second kappa shape index (κ2) is 6.97. The number of hydrogen-bond acceptors (Lipinski definition) is 6. The minimum absolute atomic E-state index is 0.0487. The Kier molecular flexibility index (Phi) is 4.28. The van der Waals surface area contributed by atoms with E-state index in [-0.39, 0.29) is 11.8 Å². The summed E-state index contributed by atoms with van der Waals surface area (Å²) in [6, 6.07) is 2.17. The van der Waals surface area contributed by atoms with Crippen molar-refractivity contribution < 1.29 is 4.79 Å². The van der Waals surface area contributed by atoms with Crippen molar-refractivity contribution in [3.05, 3.63) is 47.1 Å². The number of carbonyl (C=O) groups excluding carboxylic acids is 1. The maximum absolute atomic E-state index is 12.6. The van der Waals surface area contributed by atoms with Gasteiger partial charge in [0.15, 0.2) is 5.78 Å². The Labute approximate surface area is 168 Å². The molecule has 5 heterocycles. The number of fused-ring (bicyclic) bond motifs is 2. The first-order chi connectivity index (χ1) is 14.2. The van der Waals surface area contributed by atoms with Gasteiger partial charge in [0.1, 0.15) is 5.82 Å². The van der Waals surface area contributed by atoms with Crippen LogP contribution in [-0.4, -0.2) is 43.4 Å². The van der Waals surface area contributed by atoms with Gasteiger partial charge >= 0.3 is 0 Å². The molecule has 0 radical (unpaired) electrons. The maximum atomic E-state index is 12.6.